The highest BCUT2D eigenvalue weighted by molar-refractivity contribution is 5.99. The van der Waals surface area contributed by atoms with Crippen molar-refractivity contribution in [1.29, 1.82) is 0 Å². The van der Waals surface area contributed by atoms with Gasteiger partial charge in [0.15, 0.2) is 5.78 Å². The van der Waals surface area contributed by atoms with E-state index in [9.17, 15) is 47.9 Å². The van der Waals surface area contributed by atoms with Gasteiger partial charge in [-0.25, -0.2) is 14.4 Å². The van der Waals surface area contributed by atoms with Gasteiger partial charge in [0.2, 0.25) is 5.91 Å². The van der Waals surface area contributed by atoms with Crippen molar-refractivity contribution in [3.63, 3.8) is 0 Å². The monoisotopic (exact) mass is 983 g/mol. The minimum absolute atomic E-state index is 0.00615. The molecule has 0 aromatic heterocycles. The van der Waals surface area contributed by atoms with Crippen molar-refractivity contribution in [3.8, 4) is 0 Å². The number of hydrogen-bond donors (Lipinski definition) is 3. The SMILES string of the molecule is C=CC[C@H](NC(=O)c1ccccc1)C(=O)OC.COC(=O)[C@H](CC=CC[C@H](NC(=O)c1ccccc1)C(=O)OC)CC(=O)c1ccccc1.COC(=O)[C@H](CC=CC[C@H](NC(C)=O)C(=O)OC)CC(C)=O. The van der Waals surface area contributed by atoms with Crippen LogP contribution in [0.5, 0.6) is 0 Å². The predicted octanol–water partition coefficient (Wildman–Crippen LogP) is 5.66. The third-order valence-electron chi connectivity index (χ3n) is 9.97. The summed E-state index contributed by atoms with van der Waals surface area (Å²) in [6.07, 6.45) is 9.71. The van der Waals surface area contributed by atoms with Gasteiger partial charge in [0.05, 0.1) is 47.4 Å². The average Bonchev–Trinajstić information content (AvgIpc) is 3.38. The smallest absolute Gasteiger partial charge is 0.328 e. The molecule has 0 aliphatic carbocycles. The molecule has 18 heteroatoms. The van der Waals surface area contributed by atoms with Crippen LogP contribution in [-0.2, 0) is 57.2 Å². The molecule has 0 heterocycles. The molecule has 3 N–H and O–H groups in total. The van der Waals surface area contributed by atoms with E-state index in [1.807, 2.05) is 12.1 Å². The minimum atomic E-state index is -0.883. The maximum absolute atomic E-state index is 12.5. The van der Waals surface area contributed by atoms with E-state index >= 15 is 0 Å². The number of esters is 5. The molecule has 71 heavy (non-hydrogen) atoms. The highest BCUT2D eigenvalue weighted by Gasteiger charge is 2.25. The van der Waals surface area contributed by atoms with Crippen molar-refractivity contribution in [2.75, 3.05) is 35.5 Å². The fraction of sp³-hybridized carbons (Fsp3) is 0.358. The van der Waals surface area contributed by atoms with Crippen molar-refractivity contribution in [2.45, 2.75) is 76.9 Å². The average molecular weight is 984 g/mol. The Morgan fingerprint density at radius 3 is 1.10 bits per heavy atom. The molecule has 3 rings (SSSR count). The first-order chi connectivity index (χ1) is 34.0. The predicted molar refractivity (Wildman–Crippen MR) is 262 cm³/mol. The number of amides is 3. The van der Waals surface area contributed by atoms with Crippen LogP contribution in [0.25, 0.3) is 0 Å². The summed E-state index contributed by atoms with van der Waals surface area (Å²) in [6, 6.07) is 23.6. The van der Waals surface area contributed by atoms with Gasteiger partial charge >= 0.3 is 29.8 Å². The summed E-state index contributed by atoms with van der Waals surface area (Å²) in [7, 11) is 6.31. The molecule has 0 bridgehead atoms. The van der Waals surface area contributed by atoms with Crippen LogP contribution >= 0.6 is 0 Å². The number of carbonyl (C=O) groups excluding carboxylic acids is 10. The summed E-state index contributed by atoms with van der Waals surface area (Å²) >= 11 is 0. The van der Waals surface area contributed by atoms with E-state index in [2.05, 4.69) is 36.7 Å². The molecule has 382 valence electrons. The molecule has 0 fully saturated rings. The number of carbonyl (C=O) groups is 10. The van der Waals surface area contributed by atoms with Crippen LogP contribution in [0, 0.1) is 11.8 Å². The summed E-state index contributed by atoms with van der Waals surface area (Å²) in [5.74, 6) is -5.04. The summed E-state index contributed by atoms with van der Waals surface area (Å²) in [4.78, 5) is 117. The van der Waals surface area contributed by atoms with Gasteiger partial charge in [-0.2, -0.15) is 0 Å². The lowest BCUT2D eigenvalue weighted by molar-refractivity contribution is -0.147. The minimum Gasteiger partial charge on any atom is -0.469 e. The number of Topliss-reactive ketones (excluding diaryl/α,β-unsaturated/α-hetero) is 2. The largest absolute Gasteiger partial charge is 0.469 e. The lowest BCUT2D eigenvalue weighted by atomic mass is 9.95. The Balaban J connectivity index is 0.000000564. The number of hydrogen-bond acceptors (Lipinski definition) is 15. The van der Waals surface area contributed by atoms with Gasteiger partial charge in [-0.1, -0.05) is 97.1 Å². The van der Waals surface area contributed by atoms with E-state index in [1.165, 1.54) is 49.4 Å². The zero-order valence-electron chi connectivity index (χ0n) is 41.2. The van der Waals surface area contributed by atoms with Gasteiger partial charge < -0.3 is 44.4 Å². The maximum atomic E-state index is 12.5. The second-order valence-corrected chi connectivity index (χ2v) is 15.4. The number of nitrogens with one attached hydrogen (secondary N) is 3. The Hall–Kier alpha value is -8.02. The lowest BCUT2D eigenvalue weighted by Crippen LogP contribution is -2.41. The van der Waals surface area contributed by atoms with E-state index < -0.39 is 65.7 Å². The molecule has 0 saturated heterocycles. The number of ketones is 2. The first-order valence-corrected chi connectivity index (χ1v) is 22.3. The molecule has 18 nitrogen and oxygen atoms in total. The van der Waals surface area contributed by atoms with Crippen LogP contribution in [-0.4, -0.2) is 113 Å². The van der Waals surface area contributed by atoms with Crippen LogP contribution < -0.4 is 16.0 Å². The van der Waals surface area contributed by atoms with E-state index in [4.69, 9.17) is 9.47 Å². The highest BCUT2D eigenvalue weighted by Crippen LogP contribution is 2.17. The van der Waals surface area contributed by atoms with E-state index in [-0.39, 0.29) is 55.5 Å². The van der Waals surface area contributed by atoms with Gasteiger partial charge in [0.25, 0.3) is 11.8 Å². The second-order valence-electron chi connectivity index (χ2n) is 15.4. The van der Waals surface area contributed by atoms with Crippen molar-refractivity contribution < 1.29 is 71.6 Å². The van der Waals surface area contributed by atoms with Crippen LogP contribution in [0.1, 0.15) is 89.9 Å². The fourth-order valence-electron chi connectivity index (χ4n) is 6.30. The summed E-state index contributed by atoms with van der Waals surface area (Å²) in [6.45, 7) is 6.25. The Bertz CT molecular complexity index is 2150. The van der Waals surface area contributed by atoms with Crippen LogP contribution in [0.2, 0.25) is 0 Å². The quantitative estimate of drug-likeness (QED) is 0.0401. The normalized spacial score (nSPS) is 12.5. The van der Waals surface area contributed by atoms with Crippen molar-refractivity contribution >= 4 is 59.1 Å². The van der Waals surface area contributed by atoms with Crippen molar-refractivity contribution in [2.24, 2.45) is 11.8 Å². The van der Waals surface area contributed by atoms with Gasteiger partial charge in [0, 0.05) is 36.5 Å². The zero-order valence-corrected chi connectivity index (χ0v) is 41.2. The molecule has 0 spiro atoms. The van der Waals surface area contributed by atoms with Crippen molar-refractivity contribution in [1.82, 2.24) is 16.0 Å². The zero-order chi connectivity index (χ0) is 53.1. The molecular formula is C53H65N3O15. The molecule has 3 amide bonds. The highest BCUT2D eigenvalue weighted by atomic mass is 16.5. The van der Waals surface area contributed by atoms with E-state index in [0.717, 1.165) is 0 Å². The summed E-state index contributed by atoms with van der Waals surface area (Å²) in [5, 5.41) is 7.72. The lowest BCUT2D eigenvalue weighted by Gasteiger charge is -2.15. The molecule has 3 aromatic rings. The fourth-order valence-corrected chi connectivity index (χ4v) is 6.30. The number of benzene rings is 3. The molecule has 3 aromatic carbocycles. The van der Waals surface area contributed by atoms with Gasteiger partial charge in [-0.3, -0.25) is 28.8 Å². The molecule has 0 aliphatic heterocycles. The number of rotatable bonds is 25. The summed E-state index contributed by atoms with van der Waals surface area (Å²) in [5.41, 5.74) is 1.46. The Kier molecular flexibility index (Phi) is 30.2. The molecule has 0 saturated carbocycles. The molecule has 5 atom stereocenters. The summed E-state index contributed by atoms with van der Waals surface area (Å²) < 4.78 is 23.4. The van der Waals surface area contributed by atoms with Gasteiger partial charge in [0.1, 0.15) is 23.9 Å². The molecule has 0 radical (unpaired) electrons. The molecular weight excluding hydrogens is 919 g/mol. The Morgan fingerprint density at radius 1 is 0.437 bits per heavy atom. The maximum Gasteiger partial charge on any atom is 0.328 e. The third-order valence-corrected chi connectivity index (χ3v) is 9.97. The van der Waals surface area contributed by atoms with Crippen LogP contribution in [0.3, 0.4) is 0 Å². The Labute approximate surface area is 414 Å². The van der Waals surface area contributed by atoms with E-state index in [1.54, 1.807) is 109 Å². The number of methoxy groups -OCH3 is 5. The third kappa shape index (κ3) is 24.7. The van der Waals surface area contributed by atoms with Gasteiger partial charge in [-0.05, 0) is 63.3 Å². The van der Waals surface area contributed by atoms with Gasteiger partial charge in [-0.15, -0.1) is 6.58 Å². The number of ether oxygens (including phenoxy) is 5. The molecule has 0 aliphatic rings. The molecule has 0 unspecified atom stereocenters. The topological polar surface area (TPSA) is 253 Å². The van der Waals surface area contributed by atoms with Crippen molar-refractivity contribution in [3.05, 3.63) is 145 Å². The number of allylic oxidation sites excluding steroid dienone is 2. The second kappa shape index (κ2) is 35.1. The van der Waals surface area contributed by atoms with Crippen LogP contribution in [0.15, 0.2) is 128 Å². The van der Waals surface area contributed by atoms with Crippen LogP contribution in [0.4, 0.5) is 0 Å². The Morgan fingerprint density at radius 2 is 0.761 bits per heavy atom. The first-order valence-electron chi connectivity index (χ1n) is 22.3. The first kappa shape index (κ1) is 61.0. The van der Waals surface area contributed by atoms with E-state index in [0.29, 0.717) is 29.5 Å². The standard InChI is InChI=1S/C25H27NO6.C15H23NO6.C13H15NO3/c1-31-24(29)20(17-22(27)18-11-5-3-6-12-18)15-9-10-16-21(25(30)32-2)26-23(28)19-13-7-4-8-14-19;1-10(17)9-12(14(19)21-3)7-5-6-8-13(15(20)22-4)16-11(2)18;1-3-7-11(13(16)17-2)14-12(15)10-8-5-4-6-9-10/h3-14,20-21H,15-17H2,1-2H3,(H,26,28);5-6,12-13H,7-9H2,1-4H3,(H,16,18);3-6,8-9,11H,1,7H2,2H3,(H,14,15)/t20-,21+;12-,13+;11-/m110/s1.